The molecule has 2 aromatic rings. The lowest BCUT2D eigenvalue weighted by atomic mass is 10.2. The first-order valence-corrected chi connectivity index (χ1v) is 6.77. The number of anilines is 1. The second-order valence-electron chi connectivity index (χ2n) is 4.79. The van der Waals surface area contributed by atoms with Crippen LogP contribution in [0.25, 0.3) is 0 Å². The lowest BCUT2D eigenvalue weighted by Gasteiger charge is -2.08. The molecule has 8 heteroatoms. The van der Waals surface area contributed by atoms with Gasteiger partial charge in [-0.25, -0.2) is 4.79 Å². The highest BCUT2D eigenvalue weighted by Gasteiger charge is 2.15. The fraction of sp³-hybridized carbons (Fsp3) is 0.500. The van der Waals surface area contributed by atoms with Crippen molar-refractivity contribution >= 4 is 11.7 Å². The zero-order valence-corrected chi connectivity index (χ0v) is 11.1. The summed E-state index contributed by atoms with van der Waals surface area (Å²) in [5, 5.41) is 20.2. The lowest BCUT2D eigenvalue weighted by Crippen LogP contribution is -2.29. The van der Waals surface area contributed by atoms with Gasteiger partial charge in [-0.2, -0.15) is 5.10 Å². The van der Waals surface area contributed by atoms with Crippen LogP contribution in [0.2, 0.25) is 0 Å². The molecule has 20 heavy (non-hydrogen) atoms. The van der Waals surface area contributed by atoms with Gasteiger partial charge in [-0.15, -0.1) is 10.2 Å². The van der Waals surface area contributed by atoms with Gasteiger partial charge in [-0.3, -0.25) is 5.10 Å². The predicted molar refractivity (Wildman–Crippen MR) is 72.0 cm³/mol. The quantitative estimate of drug-likeness (QED) is 0.779. The minimum Gasteiger partial charge on any atom is -0.331 e. The van der Waals surface area contributed by atoms with Crippen LogP contribution >= 0.6 is 0 Å². The molecule has 2 amide bonds. The van der Waals surface area contributed by atoms with E-state index in [1.807, 2.05) is 0 Å². The zero-order chi connectivity index (χ0) is 13.8. The predicted octanol–water partition coefficient (Wildman–Crippen LogP) is 1.05. The topological polar surface area (TPSA) is 101 Å². The molecule has 0 fully saturated rings. The molecule has 1 aliphatic rings. The Morgan fingerprint density at radius 3 is 3.15 bits per heavy atom. The number of hydrogen-bond acceptors (Lipinski definition) is 4. The Labute approximate surface area is 116 Å². The highest BCUT2D eigenvalue weighted by Crippen LogP contribution is 2.14. The van der Waals surface area contributed by atoms with Crippen LogP contribution in [0.15, 0.2) is 12.4 Å². The molecule has 0 unspecified atom stereocenters. The van der Waals surface area contributed by atoms with E-state index in [0.29, 0.717) is 12.2 Å². The maximum absolute atomic E-state index is 11.7. The summed E-state index contributed by atoms with van der Waals surface area (Å²) in [5.41, 5.74) is 0.627. The standard InChI is InChI=1S/C12H17N7O/c20-12(16-9-6-14-15-7-9)13-8-11-18-17-10-4-2-1-3-5-19(10)11/h6-7H,1-5,8H2,(H,14,15)(H2,13,16,20). The van der Waals surface area contributed by atoms with Gasteiger partial charge in [-0.1, -0.05) is 6.42 Å². The minimum atomic E-state index is -0.280. The maximum atomic E-state index is 11.7. The number of aromatic amines is 1. The Balaban J connectivity index is 1.58. The lowest BCUT2D eigenvalue weighted by molar-refractivity contribution is 0.251. The summed E-state index contributed by atoms with van der Waals surface area (Å²) in [4.78, 5) is 11.7. The van der Waals surface area contributed by atoms with Crippen molar-refractivity contribution in [2.75, 3.05) is 5.32 Å². The Bertz CT molecular complexity index is 575. The largest absolute Gasteiger partial charge is 0.331 e. The van der Waals surface area contributed by atoms with Gasteiger partial charge in [0.2, 0.25) is 0 Å². The number of amides is 2. The third-order valence-electron chi connectivity index (χ3n) is 3.35. The van der Waals surface area contributed by atoms with E-state index in [1.165, 1.54) is 6.42 Å². The summed E-state index contributed by atoms with van der Waals surface area (Å²) in [6, 6.07) is -0.280. The van der Waals surface area contributed by atoms with Gasteiger partial charge in [0.15, 0.2) is 5.82 Å². The molecule has 0 spiro atoms. The van der Waals surface area contributed by atoms with Gasteiger partial charge in [0, 0.05) is 19.2 Å². The SMILES string of the molecule is O=C(NCc1nnc2n1CCCCC2)Nc1cn[nH]c1. The fourth-order valence-electron chi connectivity index (χ4n) is 2.33. The first-order chi connectivity index (χ1) is 9.83. The molecule has 106 valence electrons. The third-order valence-corrected chi connectivity index (χ3v) is 3.35. The van der Waals surface area contributed by atoms with Crippen molar-refractivity contribution in [3.8, 4) is 0 Å². The summed E-state index contributed by atoms with van der Waals surface area (Å²) in [6.07, 6.45) is 7.64. The van der Waals surface area contributed by atoms with Crippen LogP contribution in [-0.2, 0) is 19.5 Å². The highest BCUT2D eigenvalue weighted by molar-refractivity contribution is 5.88. The number of nitrogens with one attached hydrogen (secondary N) is 3. The summed E-state index contributed by atoms with van der Waals surface area (Å²) in [6.45, 7) is 1.30. The van der Waals surface area contributed by atoms with E-state index in [9.17, 15) is 4.79 Å². The van der Waals surface area contributed by atoms with Crippen LogP contribution in [0, 0.1) is 0 Å². The van der Waals surface area contributed by atoms with Crippen LogP contribution in [0.5, 0.6) is 0 Å². The van der Waals surface area contributed by atoms with Crippen molar-refractivity contribution in [1.29, 1.82) is 0 Å². The summed E-state index contributed by atoms with van der Waals surface area (Å²) >= 11 is 0. The van der Waals surface area contributed by atoms with Crippen molar-refractivity contribution in [1.82, 2.24) is 30.3 Å². The number of nitrogens with zero attached hydrogens (tertiary/aromatic N) is 4. The first-order valence-electron chi connectivity index (χ1n) is 6.77. The number of H-pyrrole nitrogens is 1. The number of aryl methyl sites for hydroxylation is 1. The van der Waals surface area contributed by atoms with E-state index in [0.717, 1.165) is 37.5 Å². The molecule has 3 heterocycles. The van der Waals surface area contributed by atoms with E-state index in [4.69, 9.17) is 0 Å². The van der Waals surface area contributed by atoms with Crippen LogP contribution in [0.1, 0.15) is 30.9 Å². The van der Waals surface area contributed by atoms with E-state index in [-0.39, 0.29) is 6.03 Å². The van der Waals surface area contributed by atoms with Gasteiger partial charge in [0.05, 0.1) is 18.4 Å². The van der Waals surface area contributed by atoms with Crippen molar-refractivity contribution in [2.24, 2.45) is 0 Å². The van der Waals surface area contributed by atoms with E-state index in [1.54, 1.807) is 12.4 Å². The van der Waals surface area contributed by atoms with E-state index >= 15 is 0 Å². The molecule has 3 rings (SSSR count). The Morgan fingerprint density at radius 2 is 2.30 bits per heavy atom. The Morgan fingerprint density at radius 1 is 1.35 bits per heavy atom. The molecule has 1 aliphatic heterocycles. The van der Waals surface area contributed by atoms with Crippen LogP contribution < -0.4 is 10.6 Å². The van der Waals surface area contributed by atoms with Gasteiger partial charge in [-0.05, 0) is 12.8 Å². The minimum absolute atomic E-state index is 0.280. The van der Waals surface area contributed by atoms with Gasteiger partial charge < -0.3 is 15.2 Å². The molecule has 0 radical (unpaired) electrons. The average Bonchev–Trinajstić information content (AvgIpc) is 3.02. The molecule has 2 aromatic heterocycles. The van der Waals surface area contributed by atoms with Crippen LogP contribution in [0.3, 0.4) is 0 Å². The molecule has 0 bridgehead atoms. The molecular formula is C12H17N7O. The molecule has 8 nitrogen and oxygen atoms in total. The van der Waals surface area contributed by atoms with E-state index < -0.39 is 0 Å². The van der Waals surface area contributed by atoms with Crippen LogP contribution in [0.4, 0.5) is 10.5 Å². The molecular weight excluding hydrogens is 258 g/mol. The number of aromatic nitrogens is 5. The first kappa shape index (κ1) is 12.6. The smallest absolute Gasteiger partial charge is 0.319 e. The number of fused-ring (bicyclic) bond motifs is 1. The molecule has 3 N–H and O–H groups in total. The summed E-state index contributed by atoms with van der Waals surface area (Å²) in [5.74, 6) is 1.83. The second kappa shape index (κ2) is 5.72. The van der Waals surface area contributed by atoms with Gasteiger partial charge >= 0.3 is 6.03 Å². The van der Waals surface area contributed by atoms with Crippen molar-refractivity contribution in [2.45, 2.75) is 38.8 Å². The number of carbonyl (C=O) groups is 1. The molecule has 0 aliphatic carbocycles. The van der Waals surface area contributed by atoms with Crippen molar-refractivity contribution in [3.63, 3.8) is 0 Å². The summed E-state index contributed by atoms with van der Waals surface area (Å²) < 4.78 is 2.12. The van der Waals surface area contributed by atoms with Gasteiger partial charge in [0.1, 0.15) is 5.82 Å². The molecule has 0 atom stereocenters. The van der Waals surface area contributed by atoms with Crippen molar-refractivity contribution in [3.05, 3.63) is 24.0 Å². The molecule has 0 aromatic carbocycles. The average molecular weight is 275 g/mol. The van der Waals surface area contributed by atoms with E-state index in [2.05, 4.69) is 35.6 Å². The number of carbonyl (C=O) groups excluding carboxylic acids is 1. The third kappa shape index (κ3) is 2.79. The molecule has 0 saturated heterocycles. The second-order valence-corrected chi connectivity index (χ2v) is 4.79. The monoisotopic (exact) mass is 275 g/mol. The van der Waals surface area contributed by atoms with Crippen molar-refractivity contribution < 1.29 is 4.79 Å². The highest BCUT2D eigenvalue weighted by atomic mass is 16.2. The summed E-state index contributed by atoms with van der Waals surface area (Å²) in [7, 11) is 0. The maximum Gasteiger partial charge on any atom is 0.319 e. The zero-order valence-electron chi connectivity index (χ0n) is 11.1. The van der Waals surface area contributed by atoms with Crippen LogP contribution in [-0.4, -0.2) is 31.0 Å². The number of urea groups is 1. The normalized spacial score (nSPS) is 14.4. The van der Waals surface area contributed by atoms with Gasteiger partial charge in [0.25, 0.3) is 0 Å². The fourth-order valence-corrected chi connectivity index (χ4v) is 2.33. The Kier molecular flexibility index (Phi) is 3.62. The number of rotatable bonds is 3. The Hall–Kier alpha value is -2.38. The molecule has 0 saturated carbocycles. The number of hydrogen-bond donors (Lipinski definition) is 3.